The fraction of sp³-hybridized carbons (Fsp3) is 0.417. The molecule has 88 valence electrons. The van der Waals surface area contributed by atoms with Crippen molar-refractivity contribution in [2.75, 3.05) is 11.9 Å². The molecule has 0 radical (unpaired) electrons. The lowest BCUT2D eigenvalue weighted by Crippen LogP contribution is -2.37. The predicted molar refractivity (Wildman–Crippen MR) is 70.5 cm³/mol. The third-order valence-electron chi connectivity index (χ3n) is 2.17. The molecule has 1 aromatic rings. The van der Waals surface area contributed by atoms with Crippen LogP contribution in [-0.2, 0) is 4.79 Å². The van der Waals surface area contributed by atoms with E-state index < -0.39 is 0 Å². The smallest absolute Gasteiger partial charge is 0.242 e. The van der Waals surface area contributed by atoms with Gasteiger partial charge < -0.3 is 10.6 Å². The Morgan fingerprint density at radius 3 is 2.56 bits per heavy atom. The van der Waals surface area contributed by atoms with E-state index in [0.29, 0.717) is 0 Å². The summed E-state index contributed by atoms with van der Waals surface area (Å²) in [5.41, 5.74) is 0.947. The third-order valence-corrected chi connectivity index (χ3v) is 2.70. The number of hydrogen-bond donors (Lipinski definition) is 2. The lowest BCUT2D eigenvalue weighted by molar-refractivity contribution is -0.121. The first kappa shape index (κ1) is 13.0. The number of carbonyl (C=O) groups excluding carboxylic acids is 1. The molecule has 1 rings (SSSR count). The maximum atomic E-state index is 11.6. The maximum Gasteiger partial charge on any atom is 0.242 e. The standard InChI is InChI=1S/C12H17BrN2O/c1-3-8-14-12(16)9(2)15-11-6-4-10(13)5-7-11/h4-7,9,15H,3,8H2,1-2H3,(H,14,16). The third kappa shape index (κ3) is 4.23. The fourth-order valence-electron chi connectivity index (χ4n) is 1.26. The van der Waals surface area contributed by atoms with Gasteiger partial charge in [0.15, 0.2) is 0 Å². The summed E-state index contributed by atoms with van der Waals surface area (Å²) in [5.74, 6) is 0.0322. The number of rotatable bonds is 5. The van der Waals surface area contributed by atoms with Gasteiger partial charge in [0, 0.05) is 16.7 Å². The van der Waals surface area contributed by atoms with Crippen LogP contribution in [0.5, 0.6) is 0 Å². The highest BCUT2D eigenvalue weighted by Gasteiger charge is 2.10. The van der Waals surface area contributed by atoms with Crippen molar-refractivity contribution in [2.24, 2.45) is 0 Å². The lowest BCUT2D eigenvalue weighted by atomic mass is 10.2. The van der Waals surface area contributed by atoms with Crippen LogP contribution in [0.3, 0.4) is 0 Å². The van der Waals surface area contributed by atoms with E-state index in [2.05, 4.69) is 26.6 Å². The van der Waals surface area contributed by atoms with E-state index in [4.69, 9.17) is 0 Å². The summed E-state index contributed by atoms with van der Waals surface area (Å²) < 4.78 is 1.03. The van der Waals surface area contributed by atoms with Gasteiger partial charge >= 0.3 is 0 Å². The molecule has 0 spiro atoms. The Kier molecular flexibility index (Phi) is 5.32. The highest BCUT2D eigenvalue weighted by atomic mass is 79.9. The molecule has 16 heavy (non-hydrogen) atoms. The summed E-state index contributed by atoms with van der Waals surface area (Å²) in [6.45, 7) is 4.62. The summed E-state index contributed by atoms with van der Waals surface area (Å²) in [5, 5.41) is 6.00. The highest BCUT2D eigenvalue weighted by Crippen LogP contribution is 2.14. The molecule has 0 saturated carbocycles. The van der Waals surface area contributed by atoms with Crippen LogP contribution in [0.25, 0.3) is 0 Å². The maximum absolute atomic E-state index is 11.6. The van der Waals surface area contributed by atoms with Gasteiger partial charge in [0.05, 0.1) is 0 Å². The summed E-state index contributed by atoms with van der Waals surface area (Å²) in [6, 6.07) is 7.55. The first-order valence-electron chi connectivity index (χ1n) is 5.43. The molecule has 1 aromatic carbocycles. The molecule has 4 heteroatoms. The fourth-order valence-corrected chi connectivity index (χ4v) is 1.53. The van der Waals surface area contributed by atoms with Gasteiger partial charge in [-0.3, -0.25) is 4.79 Å². The van der Waals surface area contributed by atoms with E-state index in [9.17, 15) is 4.79 Å². The van der Waals surface area contributed by atoms with Gasteiger partial charge in [-0.25, -0.2) is 0 Å². The van der Waals surface area contributed by atoms with Crippen molar-refractivity contribution in [3.8, 4) is 0 Å². The van der Waals surface area contributed by atoms with Gasteiger partial charge in [-0.05, 0) is 37.6 Å². The average molecular weight is 285 g/mol. The van der Waals surface area contributed by atoms with Crippen LogP contribution in [-0.4, -0.2) is 18.5 Å². The quantitative estimate of drug-likeness (QED) is 0.873. The second-order valence-electron chi connectivity index (χ2n) is 3.66. The van der Waals surface area contributed by atoms with Crippen molar-refractivity contribution in [3.05, 3.63) is 28.7 Å². The molecule has 3 nitrogen and oxygen atoms in total. The molecule has 0 saturated heterocycles. The van der Waals surface area contributed by atoms with Crippen LogP contribution in [0.4, 0.5) is 5.69 Å². The Balaban J connectivity index is 2.47. The van der Waals surface area contributed by atoms with Crippen LogP contribution in [0.1, 0.15) is 20.3 Å². The minimum atomic E-state index is -0.215. The molecule has 1 unspecified atom stereocenters. The first-order chi connectivity index (χ1) is 7.63. The average Bonchev–Trinajstić information content (AvgIpc) is 2.29. The van der Waals surface area contributed by atoms with E-state index >= 15 is 0 Å². The zero-order chi connectivity index (χ0) is 12.0. The van der Waals surface area contributed by atoms with Gasteiger partial charge in [0.2, 0.25) is 5.91 Å². The van der Waals surface area contributed by atoms with Crippen LogP contribution in [0.2, 0.25) is 0 Å². The van der Waals surface area contributed by atoms with Crippen molar-refractivity contribution >= 4 is 27.5 Å². The van der Waals surface area contributed by atoms with Crippen LogP contribution >= 0.6 is 15.9 Å². The van der Waals surface area contributed by atoms with E-state index in [1.807, 2.05) is 38.1 Å². The summed E-state index contributed by atoms with van der Waals surface area (Å²) >= 11 is 3.37. The number of amides is 1. The molecule has 2 N–H and O–H groups in total. The Morgan fingerprint density at radius 2 is 2.00 bits per heavy atom. The number of benzene rings is 1. The number of carbonyl (C=O) groups is 1. The minimum absolute atomic E-state index is 0.0322. The van der Waals surface area contributed by atoms with Crippen LogP contribution in [0.15, 0.2) is 28.7 Å². The normalized spacial score (nSPS) is 11.9. The Bertz CT molecular complexity index is 337. The van der Waals surface area contributed by atoms with Gasteiger partial charge in [-0.15, -0.1) is 0 Å². The summed E-state index contributed by atoms with van der Waals surface area (Å²) in [6.07, 6.45) is 0.955. The monoisotopic (exact) mass is 284 g/mol. The molecule has 0 bridgehead atoms. The molecule has 0 aliphatic rings. The van der Waals surface area contributed by atoms with Crippen LogP contribution in [0, 0.1) is 0 Å². The minimum Gasteiger partial charge on any atom is -0.374 e. The predicted octanol–water partition coefficient (Wildman–Crippen LogP) is 2.78. The van der Waals surface area contributed by atoms with Crippen molar-refractivity contribution in [2.45, 2.75) is 26.3 Å². The van der Waals surface area contributed by atoms with Gasteiger partial charge in [-0.1, -0.05) is 22.9 Å². The van der Waals surface area contributed by atoms with Crippen molar-refractivity contribution in [1.29, 1.82) is 0 Å². The summed E-state index contributed by atoms with van der Waals surface area (Å²) in [4.78, 5) is 11.6. The summed E-state index contributed by atoms with van der Waals surface area (Å²) in [7, 11) is 0. The Morgan fingerprint density at radius 1 is 1.38 bits per heavy atom. The molecular formula is C12H17BrN2O. The molecule has 1 atom stereocenters. The number of hydrogen-bond acceptors (Lipinski definition) is 2. The molecule has 0 aliphatic carbocycles. The second kappa shape index (κ2) is 6.53. The molecule has 0 aromatic heterocycles. The molecule has 1 amide bonds. The van der Waals surface area contributed by atoms with Gasteiger partial charge in [0.25, 0.3) is 0 Å². The zero-order valence-corrected chi connectivity index (χ0v) is 11.2. The van der Waals surface area contributed by atoms with E-state index in [1.165, 1.54) is 0 Å². The Hall–Kier alpha value is -1.03. The molecule has 0 fully saturated rings. The molecule has 0 aliphatic heterocycles. The van der Waals surface area contributed by atoms with Crippen molar-refractivity contribution in [3.63, 3.8) is 0 Å². The van der Waals surface area contributed by atoms with Gasteiger partial charge in [0.1, 0.15) is 6.04 Å². The highest BCUT2D eigenvalue weighted by molar-refractivity contribution is 9.10. The SMILES string of the molecule is CCCNC(=O)C(C)Nc1ccc(Br)cc1. The lowest BCUT2D eigenvalue weighted by Gasteiger charge is -2.14. The van der Waals surface area contributed by atoms with Crippen LogP contribution < -0.4 is 10.6 Å². The number of halogens is 1. The van der Waals surface area contributed by atoms with Crippen molar-refractivity contribution < 1.29 is 4.79 Å². The topological polar surface area (TPSA) is 41.1 Å². The zero-order valence-electron chi connectivity index (χ0n) is 9.59. The number of nitrogens with one attached hydrogen (secondary N) is 2. The second-order valence-corrected chi connectivity index (χ2v) is 4.58. The largest absolute Gasteiger partial charge is 0.374 e. The molecule has 0 heterocycles. The van der Waals surface area contributed by atoms with Crippen molar-refractivity contribution in [1.82, 2.24) is 5.32 Å². The van der Waals surface area contributed by atoms with E-state index in [1.54, 1.807) is 0 Å². The van der Waals surface area contributed by atoms with E-state index in [-0.39, 0.29) is 11.9 Å². The van der Waals surface area contributed by atoms with Gasteiger partial charge in [-0.2, -0.15) is 0 Å². The number of anilines is 1. The Labute approximate surface area is 105 Å². The first-order valence-corrected chi connectivity index (χ1v) is 6.22. The molecular weight excluding hydrogens is 268 g/mol. The van der Waals surface area contributed by atoms with E-state index in [0.717, 1.165) is 23.1 Å².